The summed E-state index contributed by atoms with van der Waals surface area (Å²) >= 11 is 1.50. The summed E-state index contributed by atoms with van der Waals surface area (Å²) in [7, 11) is -3.54. The molecule has 0 aliphatic carbocycles. The Hall–Kier alpha value is -2.33. The van der Waals surface area contributed by atoms with Gasteiger partial charge in [-0.3, -0.25) is 9.69 Å². The first-order valence-corrected chi connectivity index (χ1v) is 14.6. The number of ether oxygens (including phenoxy) is 1. The van der Waals surface area contributed by atoms with Crippen LogP contribution in [0.4, 0.5) is 5.13 Å². The topological polar surface area (TPSA) is 79.8 Å². The largest absolute Gasteiger partial charge is 0.376 e. The average molecular weight is 514 g/mol. The van der Waals surface area contributed by atoms with Gasteiger partial charge in [-0.1, -0.05) is 36.8 Å². The van der Waals surface area contributed by atoms with Gasteiger partial charge in [0.25, 0.3) is 5.91 Å². The number of aromatic nitrogens is 1. The van der Waals surface area contributed by atoms with Gasteiger partial charge in [-0.2, -0.15) is 4.31 Å². The van der Waals surface area contributed by atoms with Crippen LogP contribution in [-0.4, -0.2) is 56.0 Å². The summed E-state index contributed by atoms with van der Waals surface area (Å²) in [6, 6.07) is 12.5. The quantitative estimate of drug-likeness (QED) is 0.451. The van der Waals surface area contributed by atoms with Crippen LogP contribution < -0.4 is 4.90 Å². The number of thiazole rings is 1. The maximum atomic E-state index is 13.7. The number of aryl methyl sites for hydroxylation is 1. The van der Waals surface area contributed by atoms with E-state index in [1.54, 1.807) is 33.5 Å². The van der Waals surface area contributed by atoms with Gasteiger partial charge in [-0.05, 0) is 68.0 Å². The minimum Gasteiger partial charge on any atom is -0.376 e. The molecule has 2 aliphatic heterocycles. The number of carbonyl (C=O) groups is 1. The highest BCUT2D eigenvalue weighted by atomic mass is 32.2. The van der Waals surface area contributed by atoms with Crippen molar-refractivity contribution in [3.05, 3.63) is 53.6 Å². The van der Waals surface area contributed by atoms with E-state index in [0.717, 1.165) is 54.3 Å². The van der Waals surface area contributed by atoms with Gasteiger partial charge in [0.2, 0.25) is 10.0 Å². The van der Waals surface area contributed by atoms with Crippen molar-refractivity contribution in [2.24, 2.45) is 0 Å². The molecule has 2 saturated heterocycles. The smallest absolute Gasteiger partial charge is 0.260 e. The highest BCUT2D eigenvalue weighted by Crippen LogP contribution is 2.33. The van der Waals surface area contributed by atoms with Crippen molar-refractivity contribution in [2.45, 2.75) is 56.4 Å². The standard InChI is InChI=1S/C26H31N3O4S2/c1-2-19-8-6-10-23-24(19)27-26(34-23)29(18-21-9-7-17-33-21)25(30)20-11-13-22(14-12-20)35(31,32)28-15-4-3-5-16-28/h6,8,10-14,21H,2-5,7,9,15-18H2,1H3. The number of hydrogen-bond donors (Lipinski definition) is 0. The zero-order chi connectivity index (χ0) is 24.4. The molecule has 7 nitrogen and oxygen atoms in total. The van der Waals surface area contributed by atoms with Crippen LogP contribution in [0.25, 0.3) is 10.2 Å². The fourth-order valence-electron chi connectivity index (χ4n) is 4.81. The maximum Gasteiger partial charge on any atom is 0.260 e. The lowest BCUT2D eigenvalue weighted by atomic mass is 10.1. The Labute approximate surface area is 210 Å². The molecule has 35 heavy (non-hydrogen) atoms. The van der Waals surface area contributed by atoms with Crippen LogP contribution in [0.15, 0.2) is 47.4 Å². The fourth-order valence-corrected chi connectivity index (χ4v) is 7.35. The van der Waals surface area contributed by atoms with Crippen molar-refractivity contribution in [1.29, 1.82) is 0 Å². The summed E-state index contributed by atoms with van der Waals surface area (Å²) in [6.45, 7) is 4.33. The summed E-state index contributed by atoms with van der Waals surface area (Å²) < 4.78 is 34.5. The van der Waals surface area contributed by atoms with Crippen LogP contribution >= 0.6 is 11.3 Å². The summed E-state index contributed by atoms with van der Waals surface area (Å²) in [5.41, 5.74) is 2.53. The highest BCUT2D eigenvalue weighted by molar-refractivity contribution is 7.89. The Morgan fingerprint density at radius 1 is 1.11 bits per heavy atom. The van der Waals surface area contributed by atoms with E-state index in [1.165, 1.54) is 11.3 Å². The van der Waals surface area contributed by atoms with Crippen LogP contribution in [-0.2, 0) is 21.2 Å². The monoisotopic (exact) mass is 513 g/mol. The van der Waals surface area contributed by atoms with Crippen molar-refractivity contribution < 1.29 is 17.9 Å². The summed E-state index contributed by atoms with van der Waals surface area (Å²) in [5.74, 6) is -0.195. The van der Waals surface area contributed by atoms with Gasteiger partial charge in [0.05, 0.1) is 27.8 Å². The zero-order valence-corrected chi connectivity index (χ0v) is 21.6. The third-order valence-corrected chi connectivity index (χ3v) is 9.77. The lowest BCUT2D eigenvalue weighted by molar-refractivity contribution is 0.0917. The first kappa shape index (κ1) is 24.4. The van der Waals surface area contributed by atoms with E-state index >= 15 is 0 Å². The Morgan fingerprint density at radius 2 is 1.89 bits per heavy atom. The van der Waals surface area contributed by atoms with Gasteiger partial charge in [0.15, 0.2) is 5.13 Å². The van der Waals surface area contributed by atoms with Gasteiger partial charge in [-0.25, -0.2) is 13.4 Å². The molecule has 1 amide bonds. The molecule has 0 radical (unpaired) electrons. The number of amides is 1. The number of piperidine rings is 1. The molecule has 1 unspecified atom stereocenters. The Morgan fingerprint density at radius 3 is 2.57 bits per heavy atom. The molecule has 1 atom stereocenters. The van der Waals surface area contributed by atoms with Gasteiger partial charge < -0.3 is 4.74 Å². The molecule has 0 bridgehead atoms. The zero-order valence-electron chi connectivity index (χ0n) is 20.0. The van der Waals surface area contributed by atoms with Crippen molar-refractivity contribution in [3.63, 3.8) is 0 Å². The molecule has 186 valence electrons. The van der Waals surface area contributed by atoms with Gasteiger partial charge in [0.1, 0.15) is 0 Å². The van der Waals surface area contributed by atoms with Crippen LogP contribution in [0.3, 0.4) is 0 Å². The molecular weight excluding hydrogens is 482 g/mol. The third kappa shape index (κ3) is 5.00. The minimum absolute atomic E-state index is 0.0321. The van der Waals surface area contributed by atoms with E-state index < -0.39 is 10.0 Å². The van der Waals surface area contributed by atoms with Crippen LogP contribution in [0, 0.1) is 0 Å². The molecule has 1 aromatic heterocycles. The van der Waals surface area contributed by atoms with Gasteiger partial charge in [0, 0.05) is 25.3 Å². The number of sulfonamides is 1. The van der Waals surface area contributed by atoms with Crippen molar-refractivity contribution in [1.82, 2.24) is 9.29 Å². The molecule has 2 aliphatic rings. The number of benzene rings is 2. The number of fused-ring (bicyclic) bond motifs is 1. The van der Waals surface area contributed by atoms with Crippen LogP contribution in [0.2, 0.25) is 0 Å². The van der Waals surface area contributed by atoms with E-state index in [1.807, 2.05) is 12.1 Å². The predicted molar refractivity (Wildman–Crippen MR) is 139 cm³/mol. The maximum absolute atomic E-state index is 13.7. The number of rotatable bonds is 7. The molecule has 3 aromatic rings. The molecule has 9 heteroatoms. The van der Waals surface area contributed by atoms with E-state index in [2.05, 4.69) is 13.0 Å². The second-order valence-corrected chi connectivity index (χ2v) is 12.1. The van der Waals surface area contributed by atoms with Crippen molar-refractivity contribution in [2.75, 3.05) is 31.1 Å². The molecule has 2 aromatic carbocycles. The molecule has 0 N–H and O–H groups in total. The molecule has 2 fully saturated rings. The van der Waals surface area contributed by atoms with Crippen LogP contribution in [0.1, 0.15) is 54.9 Å². The third-order valence-electron chi connectivity index (χ3n) is 6.81. The highest BCUT2D eigenvalue weighted by Gasteiger charge is 2.29. The number of anilines is 1. The van der Waals surface area contributed by atoms with Crippen molar-refractivity contribution >= 4 is 42.6 Å². The van der Waals surface area contributed by atoms with Gasteiger partial charge in [-0.15, -0.1) is 0 Å². The van der Waals surface area contributed by atoms with E-state index in [-0.39, 0.29) is 16.9 Å². The second kappa shape index (κ2) is 10.3. The first-order valence-electron chi connectivity index (χ1n) is 12.4. The minimum atomic E-state index is -3.54. The molecule has 3 heterocycles. The Balaban J connectivity index is 1.44. The normalized spacial score (nSPS) is 19.3. The molecule has 5 rings (SSSR count). The second-order valence-electron chi connectivity index (χ2n) is 9.15. The number of carbonyl (C=O) groups excluding carboxylic acids is 1. The van der Waals surface area contributed by atoms with Crippen molar-refractivity contribution in [3.8, 4) is 0 Å². The average Bonchev–Trinajstić information content (AvgIpc) is 3.57. The molecule has 0 saturated carbocycles. The Kier molecular flexibility index (Phi) is 7.20. The van der Waals surface area contributed by atoms with Gasteiger partial charge >= 0.3 is 0 Å². The predicted octanol–water partition coefficient (Wildman–Crippen LogP) is 4.86. The summed E-state index contributed by atoms with van der Waals surface area (Å²) in [6.07, 6.45) is 5.55. The number of hydrogen-bond acceptors (Lipinski definition) is 6. The first-order chi connectivity index (χ1) is 17.0. The SMILES string of the molecule is CCc1cccc2sc(N(CC3CCCO3)C(=O)c3ccc(S(=O)(=O)N4CCCCC4)cc3)nc12. The molecular formula is C26H31N3O4S2. The van der Waals surface area contributed by atoms with E-state index in [0.29, 0.717) is 36.9 Å². The Bertz CT molecular complexity index is 1290. The summed E-state index contributed by atoms with van der Waals surface area (Å²) in [5, 5.41) is 0.645. The fraction of sp³-hybridized carbons (Fsp3) is 0.462. The van der Waals surface area contributed by atoms with E-state index in [4.69, 9.17) is 9.72 Å². The molecule has 0 spiro atoms. The van der Waals surface area contributed by atoms with Crippen LogP contribution in [0.5, 0.6) is 0 Å². The van der Waals surface area contributed by atoms with E-state index in [9.17, 15) is 13.2 Å². The lowest BCUT2D eigenvalue weighted by Crippen LogP contribution is -2.37. The lowest BCUT2D eigenvalue weighted by Gasteiger charge is -2.26. The number of para-hydroxylation sites is 1. The summed E-state index contributed by atoms with van der Waals surface area (Å²) in [4.78, 5) is 20.5. The number of nitrogens with zero attached hydrogens (tertiary/aromatic N) is 3.